The Morgan fingerprint density at radius 1 is 1.18 bits per heavy atom. The zero-order valence-corrected chi connectivity index (χ0v) is 16.9. The minimum absolute atomic E-state index is 0.0678. The van der Waals surface area contributed by atoms with E-state index in [0.717, 1.165) is 11.1 Å². The summed E-state index contributed by atoms with van der Waals surface area (Å²) in [5, 5.41) is 10.3. The average Bonchev–Trinajstić information content (AvgIpc) is 3.09. The van der Waals surface area contributed by atoms with Crippen LogP contribution in [0.15, 0.2) is 54.1 Å². The van der Waals surface area contributed by atoms with Gasteiger partial charge in [-0.05, 0) is 51.5 Å². The van der Waals surface area contributed by atoms with Crippen molar-refractivity contribution in [1.82, 2.24) is 0 Å². The number of aliphatic hydroxyl groups is 1. The number of rotatable bonds is 8. The Hall–Kier alpha value is -2.40. The first kappa shape index (κ1) is 21.9. The van der Waals surface area contributed by atoms with E-state index in [9.17, 15) is 14.7 Å². The van der Waals surface area contributed by atoms with Crippen LogP contribution in [0, 0.1) is 11.3 Å². The van der Waals surface area contributed by atoms with Crippen molar-refractivity contribution in [2.24, 2.45) is 11.3 Å². The molecule has 0 unspecified atom stereocenters. The number of carbonyl (C=O) groups excluding carboxylic acids is 2. The summed E-state index contributed by atoms with van der Waals surface area (Å²) in [6, 6.07) is 9.47. The first-order chi connectivity index (χ1) is 13.5. The van der Waals surface area contributed by atoms with E-state index in [0.29, 0.717) is 19.3 Å². The van der Waals surface area contributed by atoms with Gasteiger partial charge >= 0.3 is 11.9 Å². The van der Waals surface area contributed by atoms with Crippen molar-refractivity contribution in [1.29, 1.82) is 0 Å². The van der Waals surface area contributed by atoms with Crippen LogP contribution in [0.25, 0.3) is 0 Å². The first-order valence-electron chi connectivity index (χ1n) is 9.87. The Labute approximate surface area is 167 Å². The molecule has 1 aliphatic carbocycles. The van der Waals surface area contributed by atoms with Gasteiger partial charge in [0.25, 0.3) is 0 Å². The molecule has 0 bridgehead atoms. The molecule has 2 atom stereocenters. The standard InChI is InChI=1S/C23H30O5/c1-4-17-15-23(21(25)27-5-2,22(26)28-6-3)16-19(17)13-10-14-20(24)18-11-8-7-9-12-18/h4,7-13,19-20,24H,5-6,14-16H2,1-3H3/b13-10+,17-4+/t19-,20+/m1/s1. The third-order valence-corrected chi connectivity index (χ3v) is 5.17. The van der Waals surface area contributed by atoms with Crippen LogP contribution in [-0.2, 0) is 19.1 Å². The zero-order valence-electron chi connectivity index (χ0n) is 16.9. The maximum atomic E-state index is 12.6. The average molecular weight is 386 g/mol. The molecule has 0 spiro atoms. The molecule has 2 rings (SSSR count). The number of hydrogen-bond donors (Lipinski definition) is 1. The van der Waals surface area contributed by atoms with Crippen molar-refractivity contribution in [2.75, 3.05) is 13.2 Å². The monoisotopic (exact) mass is 386 g/mol. The molecule has 152 valence electrons. The first-order valence-corrected chi connectivity index (χ1v) is 9.87. The van der Waals surface area contributed by atoms with Gasteiger partial charge in [0.15, 0.2) is 5.41 Å². The fraction of sp³-hybridized carbons (Fsp3) is 0.478. The number of benzene rings is 1. The van der Waals surface area contributed by atoms with Crippen molar-refractivity contribution in [3.05, 3.63) is 59.7 Å². The molecule has 0 aliphatic heterocycles. The molecule has 5 nitrogen and oxygen atoms in total. The van der Waals surface area contributed by atoms with E-state index in [2.05, 4.69) is 0 Å². The van der Waals surface area contributed by atoms with E-state index in [1.807, 2.05) is 55.5 Å². The third-order valence-electron chi connectivity index (χ3n) is 5.17. The SMILES string of the molecule is C/C=C1\CC(C(=O)OCC)(C(=O)OCC)C[C@H]1/C=C/C[C@H](O)c1ccccc1. The number of ether oxygens (including phenoxy) is 2. The molecule has 1 aromatic carbocycles. The topological polar surface area (TPSA) is 72.8 Å². The van der Waals surface area contributed by atoms with E-state index in [1.54, 1.807) is 13.8 Å². The van der Waals surface area contributed by atoms with Crippen molar-refractivity contribution in [2.45, 2.75) is 46.1 Å². The Bertz CT molecular complexity index is 702. The Morgan fingerprint density at radius 2 is 1.79 bits per heavy atom. The van der Waals surface area contributed by atoms with Crippen LogP contribution in [-0.4, -0.2) is 30.3 Å². The fourth-order valence-corrected chi connectivity index (χ4v) is 3.68. The highest BCUT2D eigenvalue weighted by molar-refractivity contribution is 6.01. The number of carbonyl (C=O) groups is 2. The zero-order chi connectivity index (χ0) is 20.6. The molecule has 1 fully saturated rings. The molecule has 1 aromatic rings. The summed E-state index contributed by atoms with van der Waals surface area (Å²) in [5.41, 5.74) is 0.574. The van der Waals surface area contributed by atoms with Crippen molar-refractivity contribution < 1.29 is 24.2 Å². The molecule has 0 saturated heterocycles. The lowest BCUT2D eigenvalue weighted by atomic mass is 9.85. The van der Waals surface area contributed by atoms with E-state index >= 15 is 0 Å². The van der Waals surface area contributed by atoms with Crippen molar-refractivity contribution in [3.8, 4) is 0 Å². The van der Waals surface area contributed by atoms with Crippen molar-refractivity contribution >= 4 is 11.9 Å². The van der Waals surface area contributed by atoms with Gasteiger partial charge in [0, 0.05) is 0 Å². The van der Waals surface area contributed by atoms with Gasteiger partial charge in [0.2, 0.25) is 0 Å². The second-order valence-electron chi connectivity index (χ2n) is 6.96. The molecular weight excluding hydrogens is 356 g/mol. The van der Waals surface area contributed by atoms with Gasteiger partial charge in [0.1, 0.15) is 0 Å². The highest BCUT2D eigenvalue weighted by Gasteiger charge is 2.55. The summed E-state index contributed by atoms with van der Waals surface area (Å²) in [4.78, 5) is 25.3. The van der Waals surface area contributed by atoms with Gasteiger partial charge in [-0.15, -0.1) is 0 Å². The van der Waals surface area contributed by atoms with Crippen LogP contribution >= 0.6 is 0 Å². The second kappa shape index (κ2) is 10.2. The maximum Gasteiger partial charge on any atom is 0.323 e. The highest BCUT2D eigenvalue weighted by atomic mass is 16.6. The van der Waals surface area contributed by atoms with Gasteiger partial charge < -0.3 is 14.6 Å². The quantitative estimate of drug-likeness (QED) is 0.413. The smallest absolute Gasteiger partial charge is 0.323 e. The fourth-order valence-electron chi connectivity index (χ4n) is 3.68. The van der Waals surface area contributed by atoms with Gasteiger partial charge in [-0.2, -0.15) is 0 Å². The Morgan fingerprint density at radius 3 is 2.32 bits per heavy atom. The minimum atomic E-state index is -1.29. The van der Waals surface area contributed by atoms with Gasteiger partial charge in [-0.25, -0.2) is 0 Å². The summed E-state index contributed by atoms with van der Waals surface area (Å²) >= 11 is 0. The lowest BCUT2D eigenvalue weighted by Gasteiger charge is -2.24. The van der Waals surface area contributed by atoms with Gasteiger partial charge in [0.05, 0.1) is 19.3 Å². The summed E-state index contributed by atoms with van der Waals surface area (Å²) in [5.74, 6) is -1.11. The number of allylic oxidation sites excluding steroid dienone is 3. The molecule has 0 radical (unpaired) electrons. The lowest BCUT2D eigenvalue weighted by Crippen LogP contribution is -2.40. The predicted octanol–water partition coefficient (Wildman–Crippen LogP) is 4.14. The molecular formula is C23H30O5. The van der Waals surface area contributed by atoms with Crippen LogP contribution in [0.4, 0.5) is 0 Å². The second-order valence-corrected chi connectivity index (χ2v) is 6.96. The third kappa shape index (κ3) is 4.90. The summed E-state index contributed by atoms with van der Waals surface area (Å²) in [6.07, 6.45) is 6.33. The molecule has 0 aromatic heterocycles. The van der Waals surface area contributed by atoms with E-state index in [-0.39, 0.29) is 19.1 Å². The maximum absolute atomic E-state index is 12.6. The number of esters is 2. The van der Waals surface area contributed by atoms with E-state index in [4.69, 9.17) is 9.47 Å². The largest absolute Gasteiger partial charge is 0.465 e. The summed E-state index contributed by atoms with van der Waals surface area (Å²) in [7, 11) is 0. The number of aliphatic hydroxyl groups excluding tert-OH is 1. The van der Waals surface area contributed by atoms with E-state index in [1.165, 1.54) is 0 Å². The number of hydrogen-bond acceptors (Lipinski definition) is 5. The molecule has 1 saturated carbocycles. The minimum Gasteiger partial charge on any atom is -0.465 e. The van der Waals surface area contributed by atoms with E-state index < -0.39 is 23.5 Å². The lowest BCUT2D eigenvalue weighted by molar-refractivity contribution is -0.171. The van der Waals surface area contributed by atoms with Crippen LogP contribution in [0.5, 0.6) is 0 Å². The van der Waals surface area contributed by atoms with Crippen LogP contribution in [0.2, 0.25) is 0 Å². The predicted molar refractivity (Wildman–Crippen MR) is 107 cm³/mol. The van der Waals surface area contributed by atoms with Crippen LogP contribution in [0.1, 0.15) is 51.7 Å². The van der Waals surface area contributed by atoms with Crippen LogP contribution < -0.4 is 0 Å². The molecule has 28 heavy (non-hydrogen) atoms. The Balaban J connectivity index is 2.16. The highest BCUT2D eigenvalue weighted by Crippen LogP contribution is 2.48. The molecule has 1 aliphatic rings. The normalized spacial score (nSPS) is 21.0. The molecule has 5 heteroatoms. The summed E-state index contributed by atoms with van der Waals surface area (Å²) in [6.45, 7) is 5.79. The van der Waals surface area contributed by atoms with Crippen LogP contribution in [0.3, 0.4) is 0 Å². The van der Waals surface area contributed by atoms with Gasteiger partial charge in [-0.1, -0.05) is 54.1 Å². The Kier molecular flexibility index (Phi) is 8.00. The molecule has 0 heterocycles. The summed E-state index contributed by atoms with van der Waals surface area (Å²) < 4.78 is 10.4. The molecule has 1 N–H and O–H groups in total. The van der Waals surface area contributed by atoms with Crippen molar-refractivity contribution in [3.63, 3.8) is 0 Å². The van der Waals surface area contributed by atoms with Gasteiger partial charge in [-0.3, -0.25) is 9.59 Å². The molecule has 0 amide bonds.